The van der Waals surface area contributed by atoms with Gasteiger partial charge in [0.25, 0.3) is 0 Å². The highest BCUT2D eigenvalue weighted by Crippen LogP contribution is 2.55. The predicted molar refractivity (Wildman–Crippen MR) is 117 cm³/mol. The Morgan fingerprint density at radius 3 is 2.64 bits per heavy atom. The first-order chi connectivity index (χ1) is 13.6. The zero-order valence-electron chi connectivity index (χ0n) is 15.7. The Labute approximate surface area is 178 Å². The zero-order valence-corrected chi connectivity index (χ0v) is 18.1. The van der Waals surface area contributed by atoms with Crippen LogP contribution in [0.3, 0.4) is 0 Å². The number of amides is 1. The van der Waals surface area contributed by atoms with E-state index >= 15 is 0 Å². The molecule has 2 aliphatic carbocycles. The van der Waals surface area contributed by atoms with Gasteiger partial charge in [-0.15, -0.1) is 11.8 Å². The summed E-state index contributed by atoms with van der Waals surface area (Å²) in [4.78, 5) is 19.1. The molecule has 2 unspecified atom stereocenters. The van der Waals surface area contributed by atoms with E-state index in [0.717, 1.165) is 40.5 Å². The number of halogens is 1. The smallest absolute Gasteiger partial charge is 0.234 e. The first-order valence-corrected chi connectivity index (χ1v) is 11.8. The summed E-state index contributed by atoms with van der Waals surface area (Å²) in [5.74, 6) is 1.83. The van der Waals surface area contributed by atoms with E-state index in [9.17, 15) is 4.79 Å². The van der Waals surface area contributed by atoms with E-state index in [2.05, 4.69) is 56.1 Å². The van der Waals surface area contributed by atoms with Crippen LogP contribution in [0.15, 0.2) is 47.2 Å². The third-order valence-corrected chi connectivity index (χ3v) is 8.27. The maximum absolute atomic E-state index is 13.0. The molecule has 1 saturated heterocycles. The van der Waals surface area contributed by atoms with E-state index in [1.54, 1.807) is 11.8 Å². The minimum atomic E-state index is -0.516. The van der Waals surface area contributed by atoms with Crippen molar-refractivity contribution in [2.24, 2.45) is 17.6 Å². The normalized spacial score (nSPS) is 25.9. The van der Waals surface area contributed by atoms with Crippen LogP contribution in [0.1, 0.15) is 31.2 Å². The van der Waals surface area contributed by atoms with E-state index in [0.29, 0.717) is 17.6 Å². The van der Waals surface area contributed by atoms with Crippen molar-refractivity contribution in [1.82, 2.24) is 9.88 Å². The van der Waals surface area contributed by atoms with Crippen LogP contribution in [0.4, 0.5) is 0 Å². The molecule has 2 saturated carbocycles. The number of benzene rings is 1. The Bertz CT molecular complexity index is 897. The van der Waals surface area contributed by atoms with Gasteiger partial charge in [-0.05, 0) is 66.8 Å². The molecule has 2 atom stereocenters. The number of thioether (sulfide) groups is 1. The molecule has 1 amide bonds. The minimum absolute atomic E-state index is 0.0684. The second kappa shape index (κ2) is 7.15. The first-order valence-electron chi connectivity index (χ1n) is 10.00. The summed E-state index contributed by atoms with van der Waals surface area (Å²) in [6.45, 7) is 0.820. The number of pyridine rings is 1. The van der Waals surface area contributed by atoms with Gasteiger partial charge in [-0.1, -0.05) is 28.1 Å². The summed E-state index contributed by atoms with van der Waals surface area (Å²) in [6, 6.07) is 10.3. The average Bonchev–Trinajstić information content (AvgIpc) is 3.62. The molecule has 146 valence electrons. The van der Waals surface area contributed by atoms with Gasteiger partial charge in [-0.3, -0.25) is 9.78 Å². The van der Waals surface area contributed by atoms with Crippen LogP contribution < -0.4 is 5.73 Å². The van der Waals surface area contributed by atoms with Crippen molar-refractivity contribution in [3.63, 3.8) is 0 Å². The zero-order chi connectivity index (χ0) is 19.3. The monoisotopic (exact) mass is 457 g/mol. The third-order valence-electron chi connectivity index (χ3n) is 6.20. The Balaban J connectivity index is 1.66. The van der Waals surface area contributed by atoms with Crippen molar-refractivity contribution in [2.45, 2.75) is 36.6 Å². The molecular formula is C22H24BrN3OS. The Hall–Kier alpha value is -1.37. The van der Waals surface area contributed by atoms with Gasteiger partial charge in [0.1, 0.15) is 4.87 Å². The Morgan fingerprint density at radius 1 is 1.21 bits per heavy atom. The van der Waals surface area contributed by atoms with Gasteiger partial charge < -0.3 is 10.6 Å². The minimum Gasteiger partial charge on any atom is -0.324 e. The van der Waals surface area contributed by atoms with Crippen molar-refractivity contribution >= 4 is 33.6 Å². The van der Waals surface area contributed by atoms with Crippen LogP contribution in [0.2, 0.25) is 0 Å². The van der Waals surface area contributed by atoms with E-state index in [-0.39, 0.29) is 11.9 Å². The van der Waals surface area contributed by atoms with Gasteiger partial charge in [0, 0.05) is 35.0 Å². The number of nitrogens with zero attached hydrogens (tertiary/aromatic N) is 2. The summed E-state index contributed by atoms with van der Waals surface area (Å²) < 4.78 is 1.05. The lowest BCUT2D eigenvalue weighted by Gasteiger charge is -2.43. The van der Waals surface area contributed by atoms with E-state index < -0.39 is 4.87 Å². The molecule has 2 aromatic rings. The molecule has 2 heterocycles. The molecule has 3 fully saturated rings. The van der Waals surface area contributed by atoms with Gasteiger partial charge in [-0.25, -0.2) is 0 Å². The maximum Gasteiger partial charge on any atom is 0.234 e. The van der Waals surface area contributed by atoms with Gasteiger partial charge in [-0.2, -0.15) is 0 Å². The second-order valence-corrected chi connectivity index (χ2v) is 10.3. The first kappa shape index (κ1) is 18.6. The average molecular weight is 458 g/mol. The number of carbonyl (C=O) groups is 1. The van der Waals surface area contributed by atoms with E-state index in [1.807, 2.05) is 12.4 Å². The van der Waals surface area contributed by atoms with Crippen molar-refractivity contribution in [2.75, 3.05) is 12.3 Å². The third kappa shape index (κ3) is 3.19. The molecule has 5 rings (SSSR count). The Morgan fingerprint density at radius 2 is 1.96 bits per heavy atom. The molecular weight excluding hydrogens is 434 g/mol. The highest BCUT2D eigenvalue weighted by molar-refractivity contribution is 9.10. The molecule has 28 heavy (non-hydrogen) atoms. The molecule has 0 spiro atoms. The SMILES string of the molecule is NC(C1CC1)C1(c2cnccc2-c2ccc(Br)cc2)SCC(=O)N1CC1CC1. The predicted octanol–water partition coefficient (Wildman–Crippen LogP) is 4.39. The molecule has 1 aliphatic heterocycles. The van der Waals surface area contributed by atoms with Crippen molar-refractivity contribution in [3.8, 4) is 11.1 Å². The number of aromatic nitrogens is 1. The van der Waals surface area contributed by atoms with E-state index in [1.165, 1.54) is 12.8 Å². The van der Waals surface area contributed by atoms with Gasteiger partial charge in [0.05, 0.1) is 5.75 Å². The molecule has 1 aromatic heterocycles. The number of nitrogens with two attached hydrogens (primary N) is 1. The lowest BCUT2D eigenvalue weighted by molar-refractivity contribution is -0.131. The van der Waals surface area contributed by atoms with Gasteiger partial charge in [0.15, 0.2) is 0 Å². The van der Waals surface area contributed by atoms with Crippen LogP contribution in [0.5, 0.6) is 0 Å². The van der Waals surface area contributed by atoms with Crippen LogP contribution >= 0.6 is 27.7 Å². The number of hydrogen-bond acceptors (Lipinski definition) is 4. The second-order valence-electron chi connectivity index (χ2n) is 8.22. The fourth-order valence-corrected chi connectivity index (χ4v) is 6.12. The molecule has 2 N–H and O–H groups in total. The lowest BCUT2D eigenvalue weighted by Crippen LogP contribution is -2.55. The molecule has 0 radical (unpaired) electrons. The number of carbonyl (C=O) groups excluding carboxylic acids is 1. The topological polar surface area (TPSA) is 59.2 Å². The van der Waals surface area contributed by atoms with Crippen LogP contribution in [0, 0.1) is 11.8 Å². The summed E-state index contributed by atoms with van der Waals surface area (Å²) in [5, 5.41) is 0. The molecule has 1 aromatic carbocycles. The van der Waals surface area contributed by atoms with Crippen LogP contribution in [-0.2, 0) is 9.67 Å². The molecule has 6 heteroatoms. The highest BCUT2D eigenvalue weighted by Gasteiger charge is 2.57. The molecule has 0 bridgehead atoms. The van der Waals surface area contributed by atoms with Gasteiger partial charge >= 0.3 is 0 Å². The van der Waals surface area contributed by atoms with Crippen molar-refractivity contribution < 1.29 is 4.79 Å². The molecule has 4 nitrogen and oxygen atoms in total. The number of rotatable bonds is 6. The summed E-state index contributed by atoms with van der Waals surface area (Å²) in [5.41, 5.74) is 10.3. The van der Waals surface area contributed by atoms with Crippen LogP contribution in [-0.4, -0.2) is 34.1 Å². The highest BCUT2D eigenvalue weighted by atomic mass is 79.9. The summed E-state index contributed by atoms with van der Waals surface area (Å²) in [6.07, 6.45) is 8.53. The fraction of sp³-hybridized carbons (Fsp3) is 0.455. The van der Waals surface area contributed by atoms with Gasteiger partial charge in [0.2, 0.25) is 5.91 Å². The largest absolute Gasteiger partial charge is 0.324 e. The summed E-state index contributed by atoms with van der Waals surface area (Å²) >= 11 is 5.25. The number of hydrogen-bond donors (Lipinski definition) is 1. The van der Waals surface area contributed by atoms with Crippen molar-refractivity contribution in [3.05, 3.63) is 52.8 Å². The lowest BCUT2D eigenvalue weighted by atomic mass is 9.89. The maximum atomic E-state index is 13.0. The fourth-order valence-electron chi connectivity index (χ4n) is 4.32. The van der Waals surface area contributed by atoms with Crippen LogP contribution in [0.25, 0.3) is 11.1 Å². The quantitative estimate of drug-likeness (QED) is 0.698. The summed E-state index contributed by atoms with van der Waals surface area (Å²) in [7, 11) is 0. The van der Waals surface area contributed by atoms with Crippen molar-refractivity contribution in [1.29, 1.82) is 0 Å². The Kier molecular flexibility index (Phi) is 4.76. The standard InChI is InChI=1S/C22H24BrN3OS/c23-17-7-5-15(6-8-17)18-9-10-25-11-19(18)22(21(24)16-3-4-16)26(12-14-1-2-14)20(27)13-28-22/h5-11,14,16,21H,1-4,12-13,24H2. The van der Waals surface area contributed by atoms with E-state index in [4.69, 9.17) is 5.73 Å². The molecule has 3 aliphatic rings.